The van der Waals surface area contributed by atoms with Crippen LogP contribution in [-0.4, -0.2) is 41.6 Å². The second-order valence-electron chi connectivity index (χ2n) is 5.21. The summed E-state index contributed by atoms with van der Waals surface area (Å²) in [5.74, 6) is -0.155. The van der Waals surface area contributed by atoms with Gasteiger partial charge in [-0.1, -0.05) is 60.4 Å². The van der Waals surface area contributed by atoms with Gasteiger partial charge in [-0.2, -0.15) is 0 Å². The number of aromatic nitrogens is 6. The molecule has 2 heterocycles. The van der Waals surface area contributed by atoms with Crippen LogP contribution < -0.4 is 5.32 Å². The Morgan fingerprint density at radius 1 is 1.28 bits per heavy atom. The van der Waals surface area contributed by atoms with Crippen molar-refractivity contribution in [2.75, 3.05) is 5.32 Å². The van der Waals surface area contributed by atoms with Crippen LogP contribution in [0.3, 0.4) is 0 Å². The monoisotopic (exact) mass is 375 g/mol. The van der Waals surface area contributed by atoms with Crippen LogP contribution in [0.4, 0.5) is 5.13 Å². The summed E-state index contributed by atoms with van der Waals surface area (Å²) in [5, 5.41) is 24.1. The maximum absolute atomic E-state index is 12.3. The van der Waals surface area contributed by atoms with Gasteiger partial charge in [0.15, 0.2) is 0 Å². The maximum atomic E-state index is 12.3. The zero-order chi connectivity index (χ0) is 17.6. The SMILES string of the molecule is CCc1nnc(NC(=O)C(C)Sc2nnnn2Cc2ccccc2)s1. The van der Waals surface area contributed by atoms with Crippen molar-refractivity contribution < 1.29 is 4.79 Å². The van der Waals surface area contributed by atoms with Gasteiger partial charge in [0.25, 0.3) is 0 Å². The van der Waals surface area contributed by atoms with Gasteiger partial charge in [-0.15, -0.1) is 15.3 Å². The molecule has 0 spiro atoms. The summed E-state index contributed by atoms with van der Waals surface area (Å²) in [6.45, 7) is 4.36. The minimum atomic E-state index is -0.366. The maximum Gasteiger partial charge on any atom is 0.239 e. The number of nitrogens with zero attached hydrogens (tertiary/aromatic N) is 6. The smallest absolute Gasteiger partial charge is 0.239 e. The van der Waals surface area contributed by atoms with Gasteiger partial charge in [0, 0.05) is 0 Å². The quantitative estimate of drug-likeness (QED) is 0.632. The number of benzene rings is 1. The molecule has 1 amide bonds. The van der Waals surface area contributed by atoms with E-state index in [4.69, 9.17) is 0 Å². The lowest BCUT2D eigenvalue weighted by Crippen LogP contribution is -2.23. The van der Waals surface area contributed by atoms with E-state index < -0.39 is 0 Å². The number of carbonyl (C=O) groups excluding carboxylic acids is 1. The lowest BCUT2D eigenvalue weighted by Gasteiger charge is -2.10. The summed E-state index contributed by atoms with van der Waals surface area (Å²) >= 11 is 2.69. The third-order valence-electron chi connectivity index (χ3n) is 3.33. The molecular weight excluding hydrogens is 358 g/mol. The first kappa shape index (κ1) is 17.5. The summed E-state index contributed by atoms with van der Waals surface area (Å²) in [6, 6.07) is 9.91. The van der Waals surface area contributed by atoms with Gasteiger partial charge in [-0.3, -0.25) is 10.1 Å². The summed E-state index contributed by atoms with van der Waals surface area (Å²) in [6.07, 6.45) is 0.798. The Labute approximate surface area is 153 Å². The van der Waals surface area contributed by atoms with Gasteiger partial charge in [0.05, 0.1) is 11.8 Å². The minimum absolute atomic E-state index is 0.155. The van der Waals surface area contributed by atoms with E-state index in [0.717, 1.165) is 17.0 Å². The number of carbonyl (C=O) groups is 1. The topological polar surface area (TPSA) is 98.5 Å². The zero-order valence-corrected chi connectivity index (χ0v) is 15.4. The average molecular weight is 375 g/mol. The van der Waals surface area contributed by atoms with E-state index in [0.29, 0.717) is 16.8 Å². The highest BCUT2D eigenvalue weighted by atomic mass is 32.2. The molecule has 3 aromatic rings. The molecule has 0 aliphatic carbocycles. The van der Waals surface area contributed by atoms with E-state index in [1.807, 2.05) is 44.2 Å². The van der Waals surface area contributed by atoms with Gasteiger partial charge in [-0.05, 0) is 29.3 Å². The van der Waals surface area contributed by atoms with Crippen molar-refractivity contribution in [3.63, 3.8) is 0 Å². The van der Waals surface area contributed by atoms with Gasteiger partial charge < -0.3 is 0 Å². The highest BCUT2D eigenvalue weighted by Gasteiger charge is 2.20. The van der Waals surface area contributed by atoms with Crippen molar-refractivity contribution >= 4 is 34.1 Å². The first-order valence-electron chi connectivity index (χ1n) is 7.75. The number of hydrogen-bond acceptors (Lipinski definition) is 8. The van der Waals surface area contributed by atoms with Crippen LogP contribution in [0.25, 0.3) is 0 Å². The Morgan fingerprint density at radius 2 is 2.08 bits per heavy atom. The predicted molar refractivity (Wildman–Crippen MR) is 96.6 cm³/mol. The Hall–Kier alpha value is -2.33. The van der Waals surface area contributed by atoms with E-state index in [9.17, 15) is 4.79 Å². The first-order chi connectivity index (χ1) is 12.2. The molecule has 0 saturated heterocycles. The number of tetrazole rings is 1. The summed E-state index contributed by atoms with van der Waals surface area (Å²) in [4.78, 5) is 12.3. The number of nitrogens with one attached hydrogen (secondary N) is 1. The normalized spacial score (nSPS) is 12.1. The fraction of sp³-hybridized carbons (Fsp3) is 0.333. The molecule has 10 heteroatoms. The van der Waals surface area contributed by atoms with Crippen LogP contribution in [0.1, 0.15) is 24.4 Å². The van der Waals surface area contributed by atoms with Crippen molar-refractivity contribution in [3.05, 3.63) is 40.9 Å². The molecule has 0 aliphatic heterocycles. The highest BCUT2D eigenvalue weighted by Crippen LogP contribution is 2.23. The summed E-state index contributed by atoms with van der Waals surface area (Å²) in [5.41, 5.74) is 1.09. The van der Waals surface area contributed by atoms with Crippen molar-refractivity contribution in [3.8, 4) is 0 Å². The van der Waals surface area contributed by atoms with Crippen LogP contribution >= 0.6 is 23.1 Å². The fourth-order valence-corrected chi connectivity index (χ4v) is 3.47. The van der Waals surface area contributed by atoms with Gasteiger partial charge in [-0.25, -0.2) is 4.68 Å². The molecule has 2 aromatic heterocycles. The number of anilines is 1. The molecule has 3 rings (SSSR count). The largest absolute Gasteiger partial charge is 0.300 e. The number of thioether (sulfide) groups is 1. The van der Waals surface area contributed by atoms with Gasteiger partial charge >= 0.3 is 0 Å². The molecule has 130 valence electrons. The third kappa shape index (κ3) is 4.60. The summed E-state index contributed by atoms with van der Waals surface area (Å²) in [7, 11) is 0. The second-order valence-corrected chi connectivity index (χ2v) is 7.58. The van der Waals surface area contributed by atoms with Crippen molar-refractivity contribution in [2.24, 2.45) is 0 Å². The molecule has 0 saturated carbocycles. The predicted octanol–water partition coefficient (Wildman–Crippen LogP) is 2.25. The minimum Gasteiger partial charge on any atom is -0.300 e. The van der Waals surface area contributed by atoms with Crippen molar-refractivity contribution in [1.29, 1.82) is 0 Å². The van der Waals surface area contributed by atoms with E-state index in [2.05, 4.69) is 31.0 Å². The molecule has 0 aliphatic rings. The van der Waals surface area contributed by atoms with Crippen molar-refractivity contribution in [1.82, 2.24) is 30.4 Å². The van der Waals surface area contributed by atoms with Crippen LogP contribution in [-0.2, 0) is 17.8 Å². The van der Waals surface area contributed by atoms with Crippen LogP contribution in [0.5, 0.6) is 0 Å². The molecule has 8 nitrogen and oxygen atoms in total. The zero-order valence-electron chi connectivity index (χ0n) is 13.8. The van der Waals surface area contributed by atoms with Crippen molar-refractivity contribution in [2.45, 2.75) is 37.2 Å². The van der Waals surface area contributed by atoms with Gasteiger partial charge in [0.1, 0.15) is 5.01 Å². The van der Waals surface area contributed by atoms with E-state index in [1.165, 1.54) is 23.1 Å². The van der Waals surface area contributed by atoms with E-state index in [1.54, 1.807) is 4.68 Å². The molecule has 0 radical (unpaired) electrons. The third-order valence-corrected chi connectivity index (χ3v) is 5.38. The Kier molecular flexibility index (Phi) is 5.71. The standard InChI is InChI=1S/C15H17N7OS2/c1-3-12-17-18-14(25-12)16-13(23)10(2)24-15-19-20-21-22(15)9-11-7-5-4-6-8-11/h4-8,10H,3,9H2,1-2H3,(H,16,18,23). The molecule has 1 aromatic carbocycles. The number of amides is 1. The van der Waals surface area contributed by atoms with Gasteiger partial charge in [0.2, 0.25) is 16.2 Å². The molecule has 1 atom stereocenters. The molecule has 0 fully saturated rings. The summed E-state index contributed by atoms with van der Waals surface area (Å²) < 4.78 is 1.68. The Morgan fingerprint density at radius 3 is 2.80 bits per heavy atom. The molecule has 1 N–H and O–H groups in total. The molecule has 25 heavy (non-hydrogen) atoms. The molecule has 1 unspecified atom stereocenters. The van der Waals surface area contributed by atoms with Crippen LogP contribution in [0.2, 0.25) is 0 Å². The lowest BCUT2D eigenvalue weighted by molar-refractivity contribution is -0.115. The number of hydrogen-bond donors (Lipinski definition) is 1. The van der Waals surface area contributed by atoms with Crippen LogP contribution in [0, 0.1) is 0 Å². The van der Waals surface area contributed by atoms with E-state index in [-0.39, 0.29) is 11.2 Å². The molecule has 0 bridgehead atoms. The first-order valence-corrected chi connectivity index (χ1v) is 9.45. The Balaban J connectivity index is 1.62. The fourth-order valence-electron chi connectivity index (χ4n) is 2.00. The average Bonchev–Trinajstić information content (AvgIpc) is 3.25. The van der Waals surface area contributed by atoms with E-state index >= 15 is 0 Å². The Bertz CT molecular complexity index is 833. The number of aryl methyl sites for hydroxylation is 1. The highest BCUT2D eigenvalue weighted by molar-refractivity contribution is 8.00. The lowest BCUT2D eigenvalue weighted by atomic mass is 10.2. The molecular formula is C15H17N7OS2. The number of rotatable bonds is 7. The second kappa shape index (κ2) is 8.17. The van der Waals surface area contributed by atoms with Crippen LogP contribution in [0.15, 0.2) is 35.5 Å².